The number of aromatic nitrogens is 3. The van der Waals surface area contributed by atoms with E-state index in [1.165, 1.54) is 6.07 Å². The molecule has 1 N–H and O–H groups in total. The standard InChI is InChI=1S/C17H21FN4O/c1-2-15-19-16(21-20-15)11-12-7-9-22(10-8-12)17(23)13-5-3-4-6-14(13)18/h3-6,12H,2,7-11H2,1H3,(H,19,20,21). The highest BCUT2D eigenvalue weighted by Gasteiger charge is 2.25. The minimum atomic E-state index is -0.451. The summed E-state index contributed by atoms with van der Waals surface area (Å²) in [5, 5.41) is 7.13. The zero-order valence-corrected chi connectivity index (χ0v) is 13.3. The molecular weight excluding hydrogens is 295 g/mol. The zero-order valence-electron chi connectivity index (χ0n) is 13.3. The molecule has 2 heterocycles. The number of benzene rings is 1. The van der Waals surface area contributed by atoms with Crippen LogP contribution < -0.4 is 0 Å². The van der Waals surface area contributed by atoms with Gasteiger partial charge in [-0.15, -0.1) is 0 Å². The minimum absolute atomic E-state index is 0.161. The van der Waals surface area contributed by atoms with Gasteiger partial charge in [0.2, 0.25) is 0 Å². The first-order valence-electron chi connectivity index (χ1n) is 8.11. The summed E-state index contributed by atoms with van der Waals surface area (Å²) in [4.78, 5) is 18.6. The van der Waals surface area contributed by atoms with Crippen molar-refractivity contribution in [3.63, 3.8) is 0 Å². The van der Waals surface area contributed by atoms with Crippen molar-refractivity contribution >= 4 is 5.91 Å². The third-order valence-electron chi connectivity index (χ3n) is 4.38. The van der Waals surface area contributed by atoms with E-state index in [9.17, 15) is 9.18 Å². The van der Waals surface area contributed by atoms with E-state index >= 15 is 0 Å². The Kier molecular flexibility index (Phi) is 4.69. The van der Waals surface area contributed by atoms with E-state index in [1.807, 2.05) is 6.92 Å². The average molecular weight is 316 g/mol. The smallest absolute Gasteiger partial charge is 0.256 e. The monoisotopic (exact) mass is 316 g/mol. The lowest BCUT2D eigenvalue weighted by molar-refractivity contribution is 0.0685. The third-order valence-corrected chi connectivity index (χ3v) is 4.38. The number of likely N-dealkylation sites (tertiary alicyclic amines) is 1. The van der Waals surface area contributed by atoms with Gasteiger partial charge < -0.3 is 4.90 Å². The summed E-state index contributed by atoms with van der Waals surface area (Å²) < 4.78 is 13.7. The molecule has 0 spiro atoms. The van der Waals surface area contributed by atoms with Crippen LogP contribution in [0.2, 0.25) is 0 Å². The van der Waals surface area contributed by atoms with Gasteiger partial charge in [-0.05, 0) is 30.9 Å². The van der Waals surface area contributed by atoms with Gasteiger partial charge in [-0.1, -0.05) is 19.1 Å². The van der Waals surface area contributed by atoms with Gasteiger partial charge in [0.1, 0.15) is 17.5 Å². The van der Waals surface area contributed by atoms with Crippen LogP contribution in [-0.2, 0) is 12.8 Å². The first-order valence-corrected chi connectivity index (χ1v) is 8.11. The van der Waals surface area contributed by atoms with Gasteiger partial charge in [0.05, 0.1) is 5.56 Å². The molecule has 0 saturated carbocycles. The Balaban J connectivity index is 1.56. The number of carbonyl (C=O) groups is 1. The fourth-order valence-electron chi connectivity index (χ4n) is 3.00. The van der Waals surface area contributed by atoms with Crippen molar-refractivity contribution in [3.8, 4) is 0 Å². The van der Waals surface area contributed by atoms with Crippen LogP contribution in [0.5, 0.6) is 0 Å². The van der Waals surface area contributed by atoms with Gasteiger partial charge in [0.15, 0.2) is 0 Å². The van der Waals surface area contributed by atoms with Crippen molar-refractivity contribution in [1.82, 2.24) is 20.1 Å². The Morgan fingerprint density at radius 3 is 2.74 bits per heavy atom. The molecule has 0 radical (unpaired) electrons. The number of carbonyl (C=O) groups excluding carboxylic acids is 1. The summed E-state index contributed by atoms with van der Waals surface area (Å²) in [6.45, 7) is 3.35. The number of H-pyrrole nitrogens is 1. The quantitative estimate of drug-likeness (QED) is 0.943. The van der Waals surface area contributed by atoms with Crippen LogP contribution in [0.3, 0.4) is 0 Å². The van der Waals surface area contributed by atoms with Gasteiger partial charge in [-0.2, -0.15) is 5.10 Å². The maximum atomic E-state index is 13.7. The van der Waals surface area contributed by atoms with Crippen molar-refractivity contribution in [2.24, 2.45) is 5.92 Å². The number of halogens is 1. The summed E-state index contributed by atoms with van der Waals surface area (Å²) in [6.07, 6.45) is 3.49. The van der Waals surface area contributed by atoms with Crippen molar-refractivity contribution in [1.29, 1.82) is 0 Å². The average Bonchev–Trinajstić information content (AvgIpc) is 3.03. The number of amides is 1. The molecule has 0 aliphatic carbocycles. The van der Waals surface area contributed by atoms with Crippen LogP contribution in [0, 0.1) is 11.7 Å². The Hall–Kier alpha value is -2.24. The molecule has 1 aromatic heterocycles. The highest BCUT2D eigenvalue weighted by Crippen LogP contribution is 2.22. The fourth-order valence-corrected chi connectivity index (χ4v) is 3.00. The lowest BCUT2D eigenvalue weighted by Gasteiger charge is -2.31. The number of aryl methyl sites for hydroxylation is 1. The molecule has 1 amide bonds. The van der Waals surface area contributed by atoms with E-state index in [1.54, 1.807) is 23.1 Å². The number of hydrogen-bond acceptors (Lipinski definition) is 3. The lowest BCUT2D eigenvalue weighted by atomic mass is 9.93. The summed E-state index contributed by atoms with van der Waals surface area (Å²) in [7, 11) is 0. The van der Waals surface area contributed by atoms with E-state index in [4.69, 9.17) is 0 Å². The Morgan fingerprint density at radius 1 is 1.35 bits per heavy atom. The number of piperidine rings is 1. The molecule has 5 nitrogen and oxygen atoms in total. The zero-order chi connectivity index (χ0) is 16.2. The molecule has 0 unspecified atom stereocenters. The fraction of sp³-hybridized carbons (Fsp3) is 0.471. The number of aromatic amines is 1. The molecule has 1 aromatic carbocycles. The molecule has 2 aromatic rings. The SMILES string of the molecule is CCc1n[nH]c(CC2CCN(C(=O)c3ccccc3F)CC2)n1. The van der Waals surface area contributed by atoms with E-state index in [-0.39, 0.29) is 11.5 Å². The van der Waals surface area contributed by atoms with E-state index in [0.717, 1.165) is 37.3 Å². The number of hydrogen-bond donors (Lipinski definition) is 1. The van der Waals surface area contributed by atoms with Gasteiger partial charge in [-0.3, -0.25) is 9.89 Å². The van der Waals surface area contributed by atoms with Crippen LogP contribution in [0.4, 0.5) is 4.39 Å². The molecule has 3 rings (SSSR count). The minimum Gasteiger partial charge on any atom is -0.339 e. The predicted octanol–water partition coefficient (Wildman–Crippen LogP) is 2.60. The molecule has 6 heteroatoms. The topological polar surface area (TPSA) is 61.9 Å². The van der Waals surface area contributed by atoms with Crippen LogP contribution in [0.15, 0.2) is 24.3 Å². The predicted molar refractivity (Wildman–Crippen MR) is 84.5 cm³/mol. The molecule has 1 fully saturated rings. The second-order valence-corrected chi connectivity index (χ2v) is 5.97. The summed E-state index contributed by atoms with van der Waals surface area (Å²) >= 11 is 0. The van der Waals surface area contributed by atoms with Gasteiger partial charge >= 0.3 is 0 Å². The molecule has 0 bridgehead atoms. The largest absolute Gasteiger partial charge is 0.339 e. The van der Waals surface area contributed by atoms with Crippen LogP contribution in [0.1, 0.15) is 41.8 Å². The summed E-state index contributed by atoms with van der Waals surface area (Å²) in [5.41, 5.74) is 0.161. The van der Waals surface area contributed by atoms with Crippen LogP contribution in [0.25, 0.3) is 0 Å². The van der Waals surface area contributed by atoms with E-state index < -0.39 is 5.82 Å². The normalized spacial score (nSPS) is 15.8. The van der Waals surface area contributed by atoms with E-state index in [2.05, 4.69) is 15.2 Å². The second-order valence-electron chi connectivity index (χ2n) is 5.97. The van der Waals surface area contributed by atoms with Crippen molar-refractivity contribution in [3.05, 3.63) is 47.3 Å². The number of rotatable bonds is 4. The number of nitrogens with zero attached hydrogens (tertiary/aromatic N) is 3. The molecule has 0 atom stereocenters. The summed E-state index contributed by atoms with van der Waals surface area (Å²) in [5.74, 6) is 1.58. The molecule has 1 aliphatic rings. The maximum absolute atomic E-state index is 13.7. The Morgan fingerprint density at radius 2 is 2.09 bits per heavy atom. The first-order chi connectivity index (χ1) is 11.2. The number of nitrogens with one attached hydrogen (secondary N) is 1. The Bertz CT molecular complexity index is 677. The summed E-state index contributed by atoms with van der Waals surface area (Å²) in [6, 6.07) is 6.17. The van der Waals surface area contributed by atoms with Crippen LogP contribution in [-0.4, -0.2) is 39.1 Å². The third kappa shape index (κ3) is 3.57. The first kappa shape index (κ1) is 15.6. The maximum Gasteiger partial charge on any atom is 0.256 e. The molecule has 23 heavy (non-hydrogen) atoms. The molecule has 1 saturated heterocycles. The molecule has 1 aliphatic heterocycles. The van der Waals surface area contributed by atoms with Crippen LogP contribution >= 0.6 is 0 Å². The van der Waals surface area contributed by atoms with Crippen molar-refractivity contribution in [2.45, 2.75) is 32.6 Å². The molecule has 122 valence electrons. The van der Waals surface area contributed by atoms with Gasteiger partial charge in [0, 0.05) is 25.9 Å². The molecular formula is C17H21FN4O. The second kappa shape index (κ2) is 6.89. The highest BCUT2D eigenvalue weighted by molar-refractivity contribution is 5.94. The Labute approximate surface area is 134 Å². The highest BCUT2D eigenvalue weighted by atomic mass is 19.1. The van der Waals surface area contributed by atoms with E-state index in [0.29, 0.717) is 19.0 Å². The van der Waals surface area contributed by atoms with Gasteiger partial charge in [-0.25, -0.2) is 9.37 Å². The van der Waals surface area contributed by atoms with Crippen molar-refractivity contribution < 1.29 is 9.18 Å². The lowest BCUT2D eigenvalue weighted by Crippen LogP contribution is -2.39. The van der Waals surface area contributed by atoms with Crippen molar-refractivity contribution in [2.75, 3.05) is 13.1 Å². The van der Waals surface area contributed by atoms with Gasteiger partial charge in [0.25, 0.3) is 5.91 Å².